The van der Waals surface area contributed by atoms with Crippen molar-refractivity contribution in [3.8, 4) is 0 Å². The fraction of sp³-hybridized carbons (Fsp3) is 0.333. The standard InChI is InChI=1S/C18H23N3O/c1-5-21(6-2)17-10-15(11-19-12-17)18(22)20-16-8-7-13(3)14(4)9-16/h7-12H,5-6H2,1-4H3,(H,20,22). The number of hydrogen-bond donors (Lipinski definition) is 1. The van der Waals surface area contributed by atoms with Gasteiger partial charge in [-0.05, 0) is 57.0 Å². The van der Waals surface area contributed by atoms with Crippen LogP contribution in [-0.2, 0) is 0 Å². The number of carbonyl (C=O) groups excluding carboxylic acids is 1. The first kappa shape index (κ1) is 16.0. The largest absolute Gasteiger partial charge is 0.371 e. The van der Waals surface area contributed by atoms with Gasteiger partial charge in [-0.2, -0.15) is 0 Å². The summed E-state index contributed by atoms with van der Waals surface area (Å²) in [6.45, 7) is 10.0. The minimum Gasteiger partial charge on any atom is -0.371 e. The quantitative estimate of drug-likeness (QED) is 0.913. The predicted octanol–water partition coefficient (Wildman–Crippen LogP) is 3.80. The van der Waals surface area contributed by atoms with E-state index in [0.717, 1.165) is 30.0 Å². The van der Waals surface area contributed by atoms with Gasteiger partial charge in [0.05, 0.1) is 17.4 Å². The van der Waals surface area contributed by atoms with Crippen LogP contribution < -0.4 is 10.2 Å². The van der Waals surface area contributed by atoms with Gasteiger partial charge in [-0.1, -0.05) is 6.07 Å². The van der Waals surface area contributed by atoms with E-state index in [-0.39, 0.29) is 5.91 Å². The summed E-state index contributed by atoms with van der Waals surface area (Å²) in [5.41, 5.74) is 4.72. The van der Waals surface area contributed by atoms with Crippen molar-refractivity contribution in [2.24, 2.45) is 0 Å². The van der Waals surface area contributed by atoms with E-state index in [2.05, 4.69) is 36.0 Å². The smallest absolute Gasteiger partial charge is 0.257 e. The van der Waals surface area contributed by atoms with Gasteiger partial charge in [0.15, 0.2) is 0 Å². The summed E-state index contributed by atoms with van der Waals surface area (Å²) in [4.78, 5) is 18.8. The molecular formula is C18H23N3O. The van der Waals surface area contributed by atoms with E-state index in [4.69, 9.17) is 0 Å². The second-order valence-corrected chi connectivity index (χ2v) is 5.36. The Kier molecular flexibility index (Phi) is 5.15. The zero-order chi connectivity index (χ0) is 16.1. The number of anilines is 2. The van der Waals surface area contributed by atoms with Crippen molar-refractivity contribution in [1.82, 2.24) is 4.98 Å². The van der Waals surface area contributed by atoms with E-state index in [9.17, 15) is 4.79 Å². The fourth-order valence-electron chi connectivity index (χ4n) is 2.34. The molecule has 22 heavy (non-hydrogen) atoms. The highest BCUT2D eigenvalue weighted by molar-refractivity contribution is 6.04. The Hall–Kier alpha value is -2.36. The van der Waals surface area contributed by atoms with Crippen LogP contribution in [-0.4, -0.2) is 24.0 Å². The van der Waals surface area contributed by atoms with E-state index < -0.39 is 0 Å². The third-order valence-corrected chi connectivity index (χ3v) is 3.88. The Morgan fingerprint density at radius 3 is 2.45 bits per heavy atom. The average Bonchev–Trinajstić information content (AvgIpc) is 2.52. The number of nitrogens with one attached hydrogen (secondary N) is 1. The lowest BCUT2D eigenvalue weighted by Gasteiger charge is -2.20. The minimum atomic E-state index is -0.134. The maximum Gasteiger partial charge on any atom is 0.257 e. The zero-order valence-corrected chi connectivity index (χ0v) is 13.7. The molecule has 0 saturated heterocycles. The van der Waals surface area contributed by atoms with Gasteiger partial charge in [0.1, 0.15) is 0 Å². The predicted molar refractivity (Wildman–Crippen MR) is 91.7 cm³/mol. The fourth-order valence-corrected chi connectivity index (χ4v) is 2.34. The Morgan fingerprint density at radius 2 is 1.82 bits per heavy atom. The molecule has 0 aliphatic carbocycles. The normalized spacial score (nSPS) is 10.4. The van der Waals surface area contributed by atoms with Gasteiger partial charge < -0.3 is 10.2 Å². The molecule has 0 aliphatic heterocycles. The van der Waals surface area contributed by atoms with Crippen LogP contribution in [0.4, 0.5) is 11.4 Å². The van der Waals surface area contributed by atoms with Crippen LogP contribution in [0.3, 0.4) is 0 Å². The highest BCUT2D eigenvalue weighted by Gasteiger charge is 2.10. The first-order valence-corrected chi connectivity index (χ1v) is 7.63. The Morgan fingerprint density at radius 1 is 1.09 bits per heavy atom. The van der Waals surface area contributed by atoms with E-state index in [1.165, 1.54) is 5.56 Å². The van der Waals surface area contributed by atoms with Gasteiger partial charge in [0.25, 0.3) is 5.91 Å². The van der Waals surface area contributed by atoms with Crippen molar-refractivity contribution >= 4 is 17.3 Å². The molecule has 1 N–H and O–H groups in total. The van der Waals surface area contributed by atoms with Crippen LogP contribution in [0.5, 0.6) is 0 Å². The molecule has 0 unspecified atom stereocenters. The van der Waals surface area contributed by atoms with Crippen LogP contribution in [0.25, 0.3) is 0 Å². The second kappa shape index (κ2) is 7.07. The highest BCUT2D eigenvalue weighted by atomic mass is 16.1. The maximum absolute atomic E-state index is 12.4. The molecular weight excluding hydrogens is 274 g/mol. The number of rotatable bonds is 5. The average molecular weight is 297 g/mol. The first-order valence-electron chi connectivity index (χ1n) is 7.63. The molecule has 2 rings (SSSR count). The molecule has 0 saturated carbocycles. The molecule has 1 heterocycles. The lowest BCUT2D eigenvalue weighted by molar-refractivity contribution is 0.102. The summed E-state index contributed by atoms with van der Waals surface area (Å²) in [5, 5.41) is 2.93. The molecule has 4 heteroatoms. The second-order valence-electron chi connectivity index (χ2n) is 5.36. The van der Waals surface area contributed by atoms with Crippen molar-refractivity contribution in [3.05, 3.63) is 53.3 Å². The molecule has 1 aromatic carbocycles. The Labute approximate surface area is 132 Å². The number of aryl methyl sites for hydroxylation is 2. The number of nitrogens with zero attached hydrogens (tertiary/aromatic N) is 2. The number of benzene rings is 1. The Bertz CT molecular complexity index is 663. The van der Waals surface area contributed by atoms with E-state index in [0.29, 0.717) is 5.56 Å². The van der Waals surface area contributed by atoms with Crippen LogP contribution in [0.15, 0.2) is 36.7 Å². The minimum absolute atomic E-state index is 0.134. The summed E-state index contributed by atoms with van der Waals surface area (Å²) in [7, 11) is 0. The van der Waals surface area contributed by atoms with Gasteiger partial charge in [-0.25, -0.2) is 0 Å². The highest BCUT2D eigenvalue weighted by Crippen LogP contribution is 2.17. The lowest BCUT2D eigenvalue weighted by Crippen LogP contribution is -2.22. The van der Waals surface area contributed by atoms with Crippen LogP contribution in [0.2, 0.25) is 0 Å². The van der Waals surface area contributed by atoms with Gasteiger partial charge in [-0.3, -0.25) is 9.78 Å². The summed E-state index contributed by atoms with van der Waals surface area (Å²) >= 11 is 0. The summed E-state index contributed by atoms with van der Waals surface area (Å²) in [6.07, 6.45) is 3.39. The molecule has 0 bridgehead atoms. The maximum atomic E-state index is 12.4. The van der Waals surface area contributed by atoms with Gasteiger partial charge in [0, 0.05) is 25.0 Å². The van der Waals surface area contributed by atoms with E-state index in [1.807, 2.05) is 31.2 Å². The monoisotopic (exact) mass is 297 g/mol. The third-order valence-electron chi connectivity index (χ3n) is 3.88. The number of carbonyl (C=O) groups is 1. The first-order chi connectivity index (χ1) is 10.5. The number of aromatic nitrogens is 1. The van der Waals surface area contributed by atoms with Crippen molar-refractivity contribution in [3.63, 3.8) is 0 Å². The van der Waals surface area contributed by atoms with E-state index >= 15 is 0 Å². The van der Waals surface area contributed by atoms with E-state index in [1.54, 1.807) is 12.4 Å². The molecule has 1 aromatic heterocycles. The van der Waals surface area contributed by atoms with Crippen LogP contribution >= 0.6 is 0 Å². The summed E-state index contributed by atoms with van der Waals surface area (Å²) in [5.74, 6) is -0.134. The van der Waals surface area contributed by atoms with Gasteiger partial charge >= 0.3 is 0 Å². The molecule has 4 nitrogen and oxygen atoms in total. The molecule has 0 aliphatic rings. The number of amides is 1. The Balaban J connectivity index is 2.18. The SMILES string of the molecule is CCN(CC)c1cncc(C(=O)Nc2ccc(C)c(C)c2)c1. The van der Waals surface area contributed by atoms with Gasteiger partial charge in [0.2, 0.25) is 0 Å². The molecule has 2 aromatic rings. The third kappa shape index (κ3) is 3.64. The van der Waals surface area contributed by atoms with Crippen molar-refractivity contribution < 1.29 is 4.79 Å². The topological polar surface area (TPSA) is 45.2 Å². The molecule has 0 atom stereocenters. The summed E-state index contributed by atoms with van der Waals surface area (Å²) < 4.78 is 0. The molecule has 0 radical (unpaired) electrons. The number of pyridine rings is 1. The molecule has 1 amide bonds. The van der Waals surface area contributed by atoms with Crippen LogP contribution in [0, 0.1) is 13.8 Å². The van der Waals surface area contributed by atoms with Crippen molar-refractivity contribution in [2.45, 2.75) is 27.7 Å². The van der Waals surface area contributed by atoms with Crippen molar-refractivity contribution in [2.75, 3.05) is 23.3 Å². The van der Waals surface area contributed by atoms with Crippen LogP contribution in [0.1, 0.15) is 35.3 Å². The van der Waals surface area contributed by atoms with Crippen molar-refractivity contribution in [1.29, 1.82) is 0 Å². The molecule has 116 valence electrons. The molecule has 0 spiro atoms. The summed E-state index contributed by atoms with van der Waals surface area (Å²) in [6, 6.07) is 7.79. The van der Waals surface area contributed by atoms with Gasteiger partial charge in [-0.15, -0.1) is 0 Å². The molecule has 0 fully saturated rings. The lowest BCUT2D eigenvalue weighted by atomic mass is 10.1. The number of hydrogen-bond acceptors (Lipinski definition) is 3. The zero-order valence-electron chi connectivity index (χ0n) is 13.7.